The summed E-state index contributed by atoms with van der Waals surface area (Å²) < 4.78 is 7.39. The number of thiocarbonyl (C=S) groups is 1. The number of nitrogens with one attached hydrogen (secondary N) is 2. The SMILES string of the molecule is O=C(NC(=S)Nc1cccc(-c2nn3cnnc3s2)c1)c1ccc(OCc2ccccc2)cc1. The molecule has 8 nitrogen and oxygen atoms in total. The molecule has 0 atom stereocenters. The molecule has 0 radical (unpaired) electrons. The standard InChI is InChI=1S/C24H18N6O2S2/c31-21(17-9-11-20(12-10-17)32-14-16-5-2-1-3-6-16)27-23(33)26-19-8-4-7-18(13-19)22-29-30-15-25-28-24(30)34-22/h1-13,15H,14H2,(H2,26,27,31,33). The molecule has 2 heterocycles. The van der Waals surface area contributed by atoms with Crippen LogP contribution >= 0.6 is 23.6 Å². The molecular formula is C24H18N6O2S2. The maximum absolute atomic E-state index is 12.6. The Kier molecular flexibility index (Phi) is 6.23. The summed E-state index contributed by atoms with van der Waals surface area (Å²) >= 11 is 6.76. The molecule has 5 aromatic rings. The van der Waals surface area contributed by atoms with Gasteiger partial charge in [-0.15, -0.1) is 10.2 Å². The van der Waals surface area contributed by atoms with Crippen molar-refractivity contribution in [3.8, 4) is 16.3 Å². The van der Waals surface area contributed by atoms with E-state index in [0.717, 1.165) is 21.8 Å². The van der Waals surface area contributed by atoms with E-state index in [2.05, 4.69) is 25.9 Å². The van der Waals surface area contributed by atoms with Crippen LogP contribution in [0.15, 0.2) is 85.2 Å². The number of rotatable bonds is 6. The zero-order chi connectivity index (χ0) is 23.3. The van der Waals surface area contributed by atoms with E-state index in [0.29, 0.717) is 22.9 Å². The molecule has 0 aliphatic carbocycles. The Balaban J connectivity index is 1.17. The Morgan fingerprint density at radius 2 is 1.85 bits per heavy atom. The Morgan fingerprint density at radius 3 is 2.65 bits per heavy atom. The smallest absolute Gasteiger partial charge is 0.257 e. The van der Waals surface area contributed by atoms with E-state index < -0.39 is 0 Å². The lowest BCUT2D eigenvalue weighted by Crippen LogP contribution is -2.34. The third-order valence-electron chi connectivity index (χ3n) is 4.85. The molecule has 0 unspecified atom stereocenters. The quantitative estimate of drug-likeness (QED) is 0.340. The normalized spacial score (nSPS) is 10.7. The van der Waals surface area contributed by atoms with Gasteiger partial charge in [0, 0.05) is 16.8 Å². The van der Waals surface area contributed by atoms with Crippen LogP contribution in [-0.4, -0.2) is 30.8 Å². The minimum absolute atomic E-state index is 0.199. The van der Waals surface area contributed by atoms with Gasteiger partial charge in [-0.1, -0.05) is 53.8 Å². The Hall–Kier alpha value is -4.15. The molecule has 1 amide bonds. The van der Waals surface area contributed by atoms with Gasteiger partial charge in [-0.2, -0.15) is 9.61 Å². The first-order chi connectivity index (χ1) is 16.6. The van der Waals surface area contributed by atoms with Crippen molar-refractivity contribution >= 4 is 45.2 Å². The second-order valence-corrected chi connectivity index (χ2v) is 8.62. The van der Waals surface area contributed by atoms with E-state index in [-0.39, 0.29) is 11.0 Å². The molecule has 0 saturated carbocycles. The van der Waals surface area contributed by atoms with Gasteiger partial charge >= 0.3 is 0 Å². The molecule has 34 heavy (non-hydrogen) atoms. The van der Waals surface area contributed by atoms with Gasteiger partial charge in [-0.25, -0.2) is 0 Å². The molecule has 0 aliphatic heterocycles. The van der Waals surface area contributed by atoms with Crippen LogP contribution in [0, 0.1) is 0 Å². The summed E-state index contributed by atoms with van der Waals surface area (Å²) in [6.45, 7) is 0.462. The molecule has 0 fully saturated rings. The van der Waals surface area contributed by atoms with E-state index in [1.165, 1.54) is 11.3 Å². The highest BCUT2D eigenvalue weighted by molar-refractivity contribution is 7.80. The average molecular weight is 487 g/mol. The molecule has 0 spiro atoms. The monoisotopic (exact) mass is 486 g/mol. The topological polar surface area (TPSA) is 93.4 Å². The fraction of sp³-hybridized carbons (Fsp3) is 0.0417. The number of nitrogens with zero attached hydrogens (tertiary/aromatic N) is 4. The van der Waals surface area contributed by atoms with Crippen molar-refractivity contribution in [3.63, 3.8) is 0 Å². The van der Waals surface area contributed by atoms with Gasteiger partial charge in [-0.3, -0.25) is 10.1 Å². The molecule has 0 saturated heterocycles. The number of fused-ring (bicyclic) bond motifs is 1. The van der Waals surface area contributed by atoms with E-state index in [4.69, 9.17) is 17.0 Å². The van der Waals surface area contributed by atoms with Crippen LogP contribution in [0.25, 0.3) is 15.5 Å². The highest BCUT2D eigenvalue weighted by atomic mass is 32.1. The summed E-state index contributed by atoms with van der Waals surface area (Å²) in [7, 11) is 0. The maximum atomic E-state index is 12.6. The van der Waals surface area contributed by atoms with Crippen molar-refractivity contribution in [2.75, 3.05) is 5.32 Å². The number of hydrogen-bond acceptors (Lipinski definition) is 7. The molecule has 3 aromatic carbocycles. The van der Waals surface area contributed by atoms with Crippen molar-refractivity contribution in [2.24, 2.45) is 0 Å². The van der Waals surface area contributed by atoms with Crippen LogP contribution in [0.1, 0.15) is 15.9 Å². The maximum Gasteiger partial charge on any atom is 0.257 e. The van der Waals surface area contributed by atoms with E-state index in [9.17, 15) is 4.79 Å². The lowest BCUT2D eigenvalue weighted by molar-refractivity contribution is 0.0977. The third kappa shape index (κ3) is 5.08. The summed E-state index contributed by atoms with van der Waals surface area (Å²) in [5.41, 5.74) is 3.19. The number of hydrogen-bond donors (Lipinski definition) is 2. The number of carbonyl (C=O) groups is 1. The van der Waals surface area contributed by atoms with Crippen LogP contribution in [0.2, 0.25) is 0 Å². The number of amides is 1. The Labute approximate surface area is 204 Å². The third-order valence-corrected chi connectivity index (χ3v) is 6.01. The van der Waals surface area contributed by atoms with Crippen molar-refractivity contribution in [1.29, 1.82) is 0 Å². The first kappa shape index (κ1) is 21.7. The summed E-state index contributed by atoms with van der Waals surface area (Å²) in [5, 5.41) is 19.0. The molecular weight excluding hydrogens is 468 g/mol. The second-order valence-electron chi connectivity index (χ2n) is 7.25. The largest absolute Gasteiger partial charge is 0.489 e. The highest BCUT2D eigenvalue weighted by Crippen LogP contribution is 2.26. The van der Waals surface area contributed by atoms with Crippen LogP contribution in [0.3, 0.4) is 0 Å². The molecule has 5 rings (SSSR count). The van der Waals surface area contributed by atoms with Gasteiger partial charge in [0.25, 0.3) is 5.91 Å². The van der Waals surface area contributed by atoms with E-state index >= 15 is 0 Å². The van der Waals surface area contributed by atoms with Crippen LogP contribution in [0.5, 0.6) is 5.75 Å². The number of aromatic nitrogens is 4. The first-order valence-electron chi connectivity index (χ1n) is 10.3. The molecule has 2 aromatic heterocycles. The number of ether oxygens (including phenoxy) is 1. The lowest BCUT2D eigenvalue weighted by Gasteiger charge is -2.11. The average Bonchev–Trinajstić information content (AvgIpc) is 3.47. The lowest BCUT2D eigenvalue weighted by atomic mass is 10.2. The first-order valence-corrected chi connectivity index (χ1v) is 11.5. The van der Waals surface area contributed by atoms with Crippen LogP contribution in [-0.2, 0) is 6.61 Å². The zero-order valence-corrected chi connectivity index (χ0v) is 19.3. The van der Waals surface area contributed by atoms with Crippen molar-refractivity contribution in [3.05, 3.63) is 96.3 Å². The van der Waals surface area contributed by atoms with Gasteiger partial charge in [0.2, 0.25) is 4.96 Å². The summed E-state index contributed by atoms with van der Waals surface area (Å²) in [4.78, 5) is 13.3. The summed E-state index contributed by atoms with van der Waals surface area (Å²) in [6, 6.07) is 24.4. The highest BCUT2D eigenvalue weighted by Gasteiger charge is 2.11. The Morgan fingerprint density at radius 1 is 1.03 bits per heavy atom. The van der Waals surface area contributed by atoms with Gasteiger partial charge < -0.3 is 10.1 Å². The molecule has 10 heteroatoms. The fourth-order valence-electron chi connectivity index (χ4n) is 3.19. The number of carbonyl (C=O) groups excluding carboxylic acids is 1. The molecule has 0 aliphatic rings. The predicted molar refractivity (Wildman–Crippen MR) is 135 cm³/mol. The Bertz CT molecular complexity index is 1420. The minimum atomic E-state index is -0.308. The van der Waals surface area contributed by atoms with Crippen molar-refractivity contribution < 1.29 is 9.53 Å². The summed E-state index contributed by atoms with van der Waals surface area (Å²) in [5.74, 6) is 0.375. The zero-order valence-electron chi connectivity index (χ0n) is 17.7. The summed E-state index contributed by atoms with van der Waals surface area (Å²) in [6.07, 6.45) is 1.56. The molecule has 168 valence electrons. The predicted octanol–water partition coefficient (Wildman–Crippen LogP) is 4.56. The molecule has 0 bridgehead atoms. The fourth-order valence-corrected chi connectivity index (χ4v) is 4.21. The van der Waals surface area contributed by atoms with Crippen LogP contribution < -0.4 is 15.4 Å². The van der Waals surface area contributed by atoms with Gasteiger partial charge in [0.15, 0.2) is 5.11 Å². The van der Waals surface area contributed by atoms with E-state index in [1.807, 2.05) is 54.6 Å². The van der Waals surface area contributed by atoms with Gasteiger partial charge in [0.05, 0.1) is 0 Å². The van der Waals surface area contributed by atoms with E-state index in [1.54, 1.807) is 35.1 Å². The number of anilines is 1. The minimum Gasteiger partial charge on any atom is -0.489 e. The van der Waals surface area contributed by atoms with Gasteiger partial charge in [-0.05, 0) is 54.2 Å². The van der Waals surface area contributed by atoms with Crippen molar-refractivity contribution in [2.45, 2.75) is 6.61 Å². The van der Waals surface area contributed by atoms with Crippen LogP contribution in [0.4, 0.5) is 5.69 Å². The number of benzene rings is 3. The molecule has 2 N–H and O–H groups in total. The van der Waals surface area contributed by atoms with Gasteiger partial charge in [0.1, 0.15) is 23.7 Å². The van der Waals surface area contributed by atoms with Crippen molar-refractivity contribution in [1.82, 2.24) is 25.1 Å². The second kappa shape index (κ2) is 9.77.